The zero-order chi connectivity index (χ0) is 28.6. The second kappa shape index (κ2) is 10.6. The van der Waals surface area contributed by atoms with Crippen LogP contribution < -0.4 is 4.90 Å². The molecule has 1 aromatic carbocycles. The van der Waals surface area contributed by atoms with E-state index in [4.69, 9.17) is 19.8 Å². The van der Waals surface area contributed by atoms with E-state index in [9.17, 15) is 14.4 Å². The third-order valence-corrected chi connectivity index (χ3v) is 6.99. The Morgan fingerprint density at radius 3 is 2.42 bits per heavy atom. The van der Waals surface area contributed by atoms with Crippen molar-refractivity contribution in [2.24, 2.45) is 0 Å². The molecule has 1 saturated heterocycles. The lowest BCUT2D eigenvalue weighted by molar-refractivity contribution is 0.0204. The Hall–Kier alpha value is -4.52. The highest BCUT2D eigenvalue weighted by molar-refractivity contribution is 5.71. The fraction of sp³-hybridized carbons (Fsp3) is 0.367. The molecule has 1 aliphatic heterocycles. The molecule has 206 valence electrons. The third-order valence-electron chi connectivity index (χ3n) is 6.99. The Kier molecular flexibility index (Phi) is 7.15. The summed E-state index contributed by atoms with van der Waals surface area (Å²) in [5.74, 6) is 1.20. The van der Waals surface area contributed by atoms with Crippen LogP contribution in [-0.4, -0.2) is 56.3 Å². The minimum Gasteiger partial charge on any atom is -0.444 e. The quantitative estimate of drug-likeness (QED) is 0.313. The molecule has 0 radical (unpaired) electrons. The zero-order valence-corrected chi connectivity index (χ0v) is 23.3. The number of aryl methyl sites for hydroxylation is 1. The first-order valence-corrected chi connectivity index (χ1v) is 13.3. The first-order chi connectivity index (χ1) is 19.0. The Morgan fingerprint density at radius 1 is 1.07 bits per heavy atom. The highest BCUT2D eigenvalue weighted by Crippen LogP contribution is 2.32. The van der Waals surface area contributed by atoms with E-state index in [2.05, 4.69) is 6.07 Å². The number of hydrogen-bond donors (Lipinski definition) is 0. The third kappa shape index (κ3) is 5.45. The van der Waals surface area contributed by atoms with Gasteiger partial charge in [-0.05, 0) is 89.1 Å². The fourth-order valence-electron chi connectivity index (χ4n) is 5.00. The van der Waals surface area contributed by atoms with Gasteiger partial charge in [0.25, 0.3) is 0 Å². The van der Waals surface area contributed by atoms with E-state index in [0.29, 0.717) is 41.4 Å². The highest BCUT2D eigenvalue weighted by atomic mass is 19.1. The number of imidazole rings is 1. The van der Waals surface area contributed by atoms with Crippen LogP contribution in [0.3, 0.4) is 0 Å². The van der Waals surface area contributed by atoms with E-state index in [-0.39, 0.29) is 17.8 Å². The van der Waals surface area contributed by atoms with Gasteiger partial charge in [0.15, 0.2) is 11.5 Å². The molecular formula is C30H32FN7O2. The van der Waals surface area contributed by atoms with Crippen LogP contribution >= 0.6 is 0 Å². The standard InChI is InChI=1S/C30H32FN7O2/c1-19-28(36(5)25-12-8-22(18-32)27(34-25)21-6-9-23(31)10-7-21)38-26(33-19)13-11-24(35-38)20-14-16-37(17-15-20)29(39)40-30(2,3)4/h6-13,20H,14-17H2,1-5H3. The normalized spacial score (nSPS) is 14.3. The number of halogens is 1. The molecule has 40 heavy (non-hydrogen) atoms. The SMILES string of the molecule is Cc1nc2ccc(C3CCN(C(=O)OC(C)(C)C)CC3)nn2c1N(C)c1ccc(C#N)c(-c2ccc(F)cc2)n1. The van der Waals surface area contributed by atoms with Crippen molar-refractivity contribution in [1.82, 2.24) is 24.5 Å². The van der Waals surface area contributed by atoms with Gasteiger partial charge >= 0.3 is 6.09 Å². The summed E-state index contributed by atoms with van der Waals surface area (Å²) in [4.78, 5) is 25.6. The van der Waals surface area contributed by atoms with Crippen molar-refractivity contribution in [2.75, 3.05) is 25.0 Å². The van der Waals surface area contributed by atoms with Gasteiger partial charge in [0.2, 0.25) is 0 Å². The van der Waals surface area contributed by atoms with E-state index in [1.165, 1.54) is 12.1 Å². The average molecular weight is 542 g/mol. The lowest BCUT2D eigenvalue weighted by atomic mass is 9.93. The van der Waals surface area contributed by atoms with Gasteiger partial charge in [-0.25, -0.2) is 19.2 Å². The molecule has 0 atom stereocenters. The van der Waals surface area contributed by atoms with Gasteiger partial charge in [0, 0.05) is 31.6 Å². The van der Waals surface area contributed by atoms with Crippen LogP contribution in [0.25, 0.3) is 16.9 Å². The van der Waals surface area contributed by atoms with Crippen molar-refractivity contribution < 1.29 is 13.9 Å². The molecular weight excluding hydrogens is 509 g/mol. The highest BCUT2D eigenvalue weighted by Gasteiger charge is 2.29. The number of nitrogens with zero attached hydrogens (tertiary/aromatic N) is 7. The Morgan fingerprint density at radius 2 is 1.77 bits per heavy atom. The smallest absolute Gasteiger partial charge is 0.410 e. The van der Waals surface area contributed by atoms with Crippen LogP contribution in [0.15, 0.2) is 48.5 Å². The number of hydrogen-bond acceptors (Lipinski definition) is 7. The van der Waals surface area contributed by atoms with Gasteiger partial charge in [-0.3, -0.25) is 0 Å². The van der Waals surface area contributed by atoms with Gasteiger partial charge < -0.3 is 14.5 Å². The van der Waals surface area contributed by atoms with E-state index in [0.717, 1.165) is 30.0 Å². The topological polar surface area (TPSA) is 99.7 Å². The molecule has 4 aromatic rings. The van der Waals surface area contributed by atoms with E-state index < -0.39 is 5.60 Å². The summed E-state index contributed by atoms with van der Waals surface area (Å²) in [5.41, 5.74) is 3.43. The number of amides is 1. The summed E-state index contributed by atoms with van der Waals surface area (Å²) in [6, 6.07) is 15.6. The van der Waals surface area contributed by atoms with Crippen LogP contribution in [0.4, 0.5) is 20.8 Å². The number of ether oxygens (including phenoxy) is 1. The summed E-state index contributed by atoms with van der Waals surface area (Å²) in [6.07, 6.45) is 1.29. The Balaban J connectivity index is 1.42. The molecule has 3 aromatic heterocycles. The second-order valence-electron chi connectivity index (χ2n) is 11.0. The number of nitriles is 1. The summed E-state index contributed by atoms with van der Waals surface area (Å²) in [7, 11) is 1.88. The van der Waals surface area contributed by atoms with Crippen molar-refractivity contribution in [2.45, 2.75) is 52.1 Å². The number of likely N-dealkylation sites (tertiary alicyclic amines) is 1. The zero-order valence-electron chi connectivity index (χ0n) is 23.3. The predicted octanol–water partition coefficient (Wildman–Crippen LogP) is 5.99. The van der Waals surface area contributed by atoms with Gasteiger partial charge in [-0.1, -0.05) is 0 Å². The average Bonchev–Trinajstić information content (AvgIpc) is 3.26. The van der Waals surface area contributed by atoms with Crippen LogP contribution in [0.1, 0.15) is 56.5 Å². The van der Waals surface area contributed by atoms with Crippen molar-refractivity contribution in [1.29, 1.82) is 5.26 Å². The molecule has 0 aliphatic carbocycles. The lowest BCUT2D eigenvalue weighted by Gasteiger charge is -2.33. The molecule has 1 aliphatic rings. The molecule has 1 amide bonds. The number of anilines is 2. The number of carbonyl (C=O) groups is 1. The van der Waals surface area contributed by atoms with Crippen LogP contribution in [-0.2, 0) is 4.74 Å². The lowest BCUT2D eigenvalue weighted by Crippen LogP contribution is -2.41. The Bertz CT molecular complexity index is 1590. The van der Waals surface area contributed by atoms with Gasteiger partial charge in [0.05, 0.1) is 22.6 Å². The van der Waals surface area contributed by atoms with Gasteiger partial charge in [-0.2, -0.15) is 14.9 Å². The first-order valence-electron chi connectivity index (χ1n) is 13.3. The van der Waals surface area contributed by atoms with Crippen molar-refractivity contribution in [3.05, 3.63) is 71.3 Å². The van der Waals surface area contributed by atoms with E-state index in [1.807, 2.05) is 56.3 Å². The molecule has 0 unspecified atom stereocenters. The maximum Gasteiger partial charge on any atom is 0.410 e. The van der Waals surface area contributed by atoms with E-state index >= 15 is 0 Å². The minimum atomic E-state index is -0.522. The van der Waals surface area contributed by atoms with Crippen LogP contribution in [0.2, 0.25) is 0 Å². The number of aromatic nitrogens is 4. The summed E-state index contributed by atoms with van der Waals surface area (Å²) in [5, 5.41) is 14.6. The van der Waals surface area contributed by atoms with Crippen LogP contribution in [0, 0.1) is 24.1 Å². The number of fused-ring (bicyclic) bond motifs is 1. The number of benzene rings is 1. The summed E-state index contributed by atoms with van der Waals surface area (Å²) in [6.45, 7) is 8.75. The number of rotatable bonds is 4. The molecule has 4 heterocycles. The molecule has 1 fully saturated rings. The Labute approximate surface area is 232 Å². The van der Waals surface area contributed by atoms with Crippen LogP contribution in [0.5, 0.6) is 0 Å². The molecule has 0 saturated carbocycles. The molecule has 5 rings (SSSR count). The van der Waals surface area contributed by atoms with Crippen molar-refractivity contribution in [3.8, 4) is 17.3 Å². The minimum absolute atomic E-state index is 0.196. The molecule has 0 N–H and O–H groups in total. The van der Waals surface area contributed by atoms with Crippen molar-refractivity contribution >= 4 is 23.4 Å². The van der Waals surface area contributed by atoms with Gasteiger partial charge in [-0.15, -0.1) is 0 Å². The molecule has 0 bridgehead atoms. The maximum absolute atomic E-state index is 13.5. The monoisotopic (exact) mass is 541 g/mol. The predicted molar refractivity (Wildman–Crippen MR) is 150 cm³/mol. The fourth-order valence-corrected chi connectivity index (χ4v) is 5.00. The van der Waals surface area contributed by atoms with Gasteiger partial charge in [0.1, 0.15) is 23.3 Å². The molecule has 0 spiro atoms. The molecule has 10 heteroatoms. The summed E-state index contributed by atoms with van der Waals surface area (Å²) < 4.78 is 20.9. The van der Waals surface area contributed by atoms with Crippen molar-refractivity contribution in [3.63, 3.8) is 0 Å². The summed E-state index contributed by atoms with van der Waals surface area (Å²) >= 11 is 0. The molecule has 9 nitrogen and oxygen atoms in total. The number of pyridine rings is 1. The second-order valence-corrected chi connectivity index (χ2v) is 11.0. The van der Waals surface area contributed by atoms with E-state index in [1.54, 1.807) is 29.2 Å². The first kappa shape index (κ1) is 27.1. The number of carbonyl (C=O) groups excluding carboxylic acids is 1. The number of piperidine rings is 1. The maximum atomic E-state index is 13.5. The largest absolute Gasteiger partial charge is 0.444 e.